The van der Waals surface area contributed by atoms with Crippen LogP contribution < -0.4 is 0 Å². The van der Waals surface area contributed by atoms with Gasteiger partial charge in [-0.15, -0.1) is 12.8 Å². The molecule has 0 aliphatic heterocycles. The number of carbonyl (C=O) groups is 1. The molecule has 1 aliphatic carbocycles. The highest BCUT2D eigenvalue weighted by Gasteiger charge is 2.31. The quantitative estimate of drug-likeness (QED) is 0.774. The molecule has 3 heteroatoms. The van der Waals surface area contributed by atoms with E-state index in [0.717, 1.165) is 18.4 Å². The van der Waals surface area contributed by atoms with E-state index < -0.39 is 6.09 Å². The van der Waals surface area contributed by atoms with Crippen LogP contribution in [0.25, 0.3) is 0 Å². The molecule has 3 nitrogen and oxygen atoms in total. The lowest BCUT2D eigenvalue weighted by atomic mass is 10.1. The van der Waals surface area contributed by atoms with Crippen LogP contribution in [-0.4, -0.2) is 24.1 Å². The molecule has 1 aromatic rings. The van der Waals surface area contributed by atoms with Gasteiger partial charge in [-0.1, -0.05) is 36.1 Å². The van der Waals surface area contributed by atoms with Gasteiger partial charge in [0.1, 0.15) is 0 Å². The van der Waals surface area contributed by atoms with Gasteiger partial charge in [0.15, 0.2) is 6.61 Å². The Bertz CT molecular complexity index is 551. The molecule has 0 saturated carbocycles. The molecule has 0 saturated heterocycles. The lowest BCUT2D eigenvalue weighted by molar-refractivity contribution is 0.102. The Morgan fingerprint density at radius 3 is 2.89 bits per heavy atom. The number of benzene rings is 1. The van der Waals surface area contributed by atoms with E-state index in [2.05, 4.69) is 17.9 Å². The van der Waals surface area contributed by atoms with E-state index in [1.54, 1.807) is 4.90 Å². The van der Waals surface area contributed by atoms with Crippen molar-refractivity contribution in [3.63, 3.8) is 0 Å². The molecule has 0 unspecified atom stereocenters. The molecule has 2 rings (SSSR count). The van der Waals surface area contributed by atoms with Gasteiger partial charge in [0, 0.05) is 0 Å². The van der Waals surface area contributed by atoms with Crippen LogP contribution in [0.5, 0.6) is 0 Å². The van der Waals surface area contributed by atoms with Crippen LogP contribution in [-0.2, 0) is 11.2 Å². The van der Waals surface area contributed by atoms with Crippen molar-refractivity contribution < 1.29 is 9.53 Å². The topological polar surface area (TPSA) is 29.5 Å². The van der Waals surface area contributed by atoms with Gasteiger partial charge in [-0.25, -0.2) is 4.79 Å². The summed E-state index contributed by atoms with van der Waals surface area (Å²) >= 11 is 0. The highest BCUT2D eigenvalue weighted by molar-refractivity contribution is 5.69. The van der Waals surface area contributed by atoms with Gasteiger partial charge in [-0.2, -0.15) is 0 Å². The van der Waals surface area contributed by atoms with Crippen LogP contribution in [0.4, 0.5) is 4.79 Å². The van der Waals surface area contributed by atoms with Gasteiger partial charge < -0.3 is 4.74 Å². The number of terminal acetylenes is 2. The number of aryl methyl sites for hydroxylation is 1. The van der Waals surface area contributed by atoms with E-state index >= 15 is 0 Å². The van der Waals surface area contributed by atoms with Crippen molar-refractivity contribution in [1.82, 2.24) is 4.90 Å². The predicted molar refractivity (Wildman–Crippen MR) is 73.2 cm³/mol. The molecule has 0 heterocycles. The highest BCUT2D eigenvalue weighted by atomic mass is 16.6. The number of hydrogen-bond acceptors (Lipinski definition) is 2. The van der Waals surface area contributed by atoms with E-state index in [9.17, 15) is 4.79 Å². The average Bonchev–Trinajstić information content (AvgIpc) is 2.86. The fourth-order valence-corrected chi connectivity index (χ4v) is 2.45. The number of rotatable bonds is 3. The summed E-state index contributed by atoms with van der Waals surface area (Å²) in [5.41, 5.74) is 2.41. The van der Waals surface area contributed by atoms with Gasteiger partial charge in [0.05, 0.1) is 12.6 Å². The lowest BCUT2D eigenvalue weighted by Gasteiger charge is -2.26. The molecule has 1 atom stereocenters. The van der Waals surface area contributed by atoms with Crippen molar-refractivity contribution in [2.45, 2.75) is 18.9 Å². The first-order valence-electron chi connectivity index (χ1n) is 6.16. The summed E-state index contributed by atoms with van der Waals surface area (Å²) in [7, 11) is 0. The van der Waals surface area contributed by atoms with Crippen LogP contribution in [0, 0.1) is 24.7 Å². The van der Waals surface area contributed by atoms with E-state index in [1.807, 2.05) is 18.2 Å². The fourth-order valence-electron chi connectivity index (χ4n) is 2.45. The third-order valence-electron chi connectivity index (χ3n) is 3.25. The maximum atomic E-state index is 12.0. The van der Waals surface area contributed by atoms with Gasteiger partial charge >= 0.3 is 6.09 Å². The molecule has 0 fully saturated rings. The SMILES string of the molecule is C#CCOC(=O)N(CC#C)[C@@H]1CCc2ccccc21. The van der Waals surface area contributed by atoms with Crippen molar-refractivity contribution in [1.29, 1.82) is 0 Å². The minimum atomic E-state index is -0.447. The molecule has 0 bridgehead atoms. The van der Waals surface area contributed by atoms with E-state index in [1.165, 1.54) is 5.56 Å². The molecule has 96 valence electrons. The van der Waals surface area contributed by atoms with Crippen molar-refractivity contribution in [3.05, 3.63) is 35.4 Å². The molecule has 1 aromatic carbocycles. The van der Waals surface area contributed by atoms with Crippen molar-refractivity contribution in [3.8, 4) is 24.7 Å². The van der Waals surface area contributed by atoms with Gasteiger partial charge in [-0.3, -0.25) is 4.90 Å². The molecule has 0 N–H and O–H groups in total. The minimum absolute atomic E-state index is 0.0162. The van der Waals surface area contributed by atoms with Crippen LogP contribution >= 0.6 is 0 Å². The summed E-state index contributed by atoms with van der Waals surface area (Å²) in [6, 6.07) is 8.07. The van der Waals surface area contributed by atoms with Crippen LogP contribution in [0.3, 0.4) is 0 Å². The van der Waals surface area contributed by atoms with E-state index in [0.29, 0.717) is 0 Å². The highest BCUT2D eigenvalue weighted by Crippen LogP contribution is 2.35. The van der Waals surface area contributed by atoms with Gasteiger partial charge in [0.2, 0.25) is 0 Å². The standard InChI is InChI=1S/C16H15NO2/c1-3-11-17(16(18)19-12-4-2)15-10-9-13-7-5-6-8-14(13)15/h1-2,5-8,15H,9-12H2/t15-/m1/s1. The van der Waals surface area contributed by atoms with Gasteiger partial charge in [-0.05, 0) is 24.0 Å². The number of nitrogens with zero attached hydrogens (tertiary/aromatic N) is 1. The lowest BCUT2D eigenvalue weighted by Crippen LogP contribution is -2.35. The summed E-state index contributed by atoms with van der Waals surface area (Å²) in [5.74, 6) is 4.79. The smallest absolute Gasteiger partial charge is 0.412 e. The Labute approximate surface area is 113 Å². The zero-order chi connectivity index (χ0) is 13.7. The summed E-state index contributed by atoms with van der Waals surface area (Å²) in [5, 5.41) is 0. The number of carbonyl (C=O) groups excluding carboxylic acids is 1. The Morgan fingerprint density at radius 2 is 2.16 bits per heavy atom. The number of hydrogen-bond donors (Lipinski definition) is 0. The molecule has 0 aromatic heterocycles. The zero-order valence-corrected chi connectivity index (χ0v) is 10.6. The second kappa shape index (κ2) is 5.98. The first-order valence-corrected chi connectivity index (χ1v) is 6.16. The normalized spacial score (nSPS) is 16.0. The Balaban J connectivity index is 2.20. The van der Waals surface area contributed by atoms with Crippen molar-refractivity contribution >= 4 is 6.09 Å². The Hall–Kier alpha value is -2.39. The average molecular weight is 253 g/mol. The zero-order valence-electron chi connectivity index (χ0n) is 10.6. The molecule has 1 amide bonds. The Kier molecular flexibility index (Phi) is 4.11. The number of amides is 1. The first-order chi connectivity index (χ1) is 9.27. The molecule has 1 aliphatic rings. The molecule has 0 radical (unpaired) electrons. The molecular weight excluding hydrogens is 238 g/mol. The summed E-state index contributed by atoms with van der Waals surface area (Å²) in [4.78, 5) is 13.6. The predicted octanol–water partition coefficient (Wildman–Crippen LogP) is 2.38. The maximum Gasteiger partial charge on any atom is 0.412 e. The monoisotopic (exact) mass is 253 g/mol. The summed E-state index contributed by atoms with van der Waals surface area (Å²) in [6.07, 6.45) is 11.8. The molecule has 19 heavy (non-hydrogen) atoms. The first kappa shape index (κ1) is 13.1. The number of fused-ring (bicyclic) bond motifs is 1. The van der Waals surface area contributed by atoms with Crippen LogP contribution in [0.2, 0.25) is 0 Å². The second-order valence-electron chi connectivity index (χ2n) is 4.34. The Morgan fingerprint density at radius 1 is 1.37 bits per heavy atom. The molecular formula is C16H15NO2. The van der Waals surface area contributed by atoms with Gasteiger partial charge in [0.25, 0.3) is 0 Å². The summed E-state index contributed by atoms with van der Waals surface area (Å²) < 4.78 is 4.99. The summed E-state index contributed by atoms with van der Waals surface area (Å²) in [6.45, 7) is 0.191. The third-order valence-corrected chi connectivity index (χ3v) is 3.25. The fraction of sp³-hybridized carbons (Fsp3) is 0.312. The van der Waals surface area contributed by atoms with Crippen LogP contribution in [0.15, 0.2) is 24.3 Å². The second-order valence-corrected chi connectivity index (χ2v) is 4.34. The van der Waals surface area contributed by atoms with E-state index in [-0.39, 0.29) is 19.2 Å². The third kappa shape index (κ3) is 2.72. The maximum absolute atomic E-state index is 12.0. The number of ether oxygens (including phenoxy) is 1. The van der Waals surface area contributed by atoms with Crippen molar-refractivity contribution in [2.75, 3.05) is 13.2 Å². The largest absolute Gasteiger partial charge is 0.436 e. The minimum Gasteiger partial charge on any atom is -0.436 e. The van der Waals surface area contributed by atoms with Crippen molar-refractivity contribution in [2.24, 2.45) is 0 Å². The molecule has 0 spiro atoms. The van der Waals surface area contributed by atoms with E-state index in [4.69, 9.17) is 17.6 Å². The van der Waals surface area contributed by atoms with Crippen LogP contribution in [0.1, 0.15) is 23.6 Å².